The summed E-state index contributed by atoms with van der Waals surface area (Å²) >= 11 is 5.30. The molecule has 1 atom stereocenters. The smallest absolute Gasteiger partial charge is 0.0393 e. The fourth-order valence-electron chi connectivity index (χ4n) is 2.21. The summed E-state index contributed by atoms with van der Waals surface area (Å²) in [5.74, 6) is 0.889. The number of aryl methyl sites for hydroxylation is 3. The van der Waals surface area contributed by atoms with Crippen LogP contribution in [0.4, 0.5) is 0 Å². The summed E-state index contributed by atoms with van der Waals surface area (Å²) < 4.78 is 1.11. The lowest BCUT2D eigenvalue weighted by Gasteiger charge is -2.16. The van der Waals surface area contributed by atoms with Crippen LogP contribution in [-0.4, -0.2) is 5.75 Å². The van der Waals surface area contributed by atoms with Gasteiger partial charge in [-0.3, -0.25) is 0 Å². The molecule has 0 heterocycles. The molecule has 0 saturated heterocycles. The zero-order valence-corrected chi connectivity index (χ0v) is 14.5. The van der Waals surface area contributed by atoms with E-state index in [-0.39, 0.29) is 6.04 Å². The van der Waals surface area contributed by atoms with Gasteiger partial charge in [-0.2, -0.15) is 0 Å². The van der Waals surface area contributed by atoms with Crippen molar-refractivity contribution in [2.24, 2.45) is 5.73 Å². The lowest BCUT2D eigenvalue weighted by Crippen LogP contribution is -2.15. The van der Waals surface area contributed by atoms with Crippen LogP contribution in [-0.2, 0) is 0 Å². The second kappa shape index (κ2) is 6.79. The first-order valence-electron chi connectivity index (χ1n) is 6.69. The van der Waals surface area contributed by atoms with E-state index in [1.807, 2.05) is 6.07 Å². The van der Waals surface area contributed by atoms with Crippen LogP contribution in [0, 0.1) is 20.8 Å². The fourth-order valence-corrected chi connectivity index (χ4v) is 3.70. The van der Waals surface area contributed by atoms with Gasteiger partial charge in [-0.25, -0.2) is 0 Å². The third-order valence-corrected chi connectivity index (χ3v) is 5.11. The maximum absolute atomic E-state index is 6.37. The van der Waals surface area contributed by atoms with Crippen LogP contribution in [0.15, 0.2) is 45.8 Å². The highest BCUT2D eigenvalue weighted by Crippen LogP contribution is 2.28. The molecule has 0 aliphatic carbocycles. The average molecular weight is 350 g/mol. The van der Waals surface area contributed by atoms with E-state index in [4.69, 9.17) is 5.73 Å². The van der Waals surface area contributed by atoms with Crippen molar-refractivity contribution < 1.29 is 0 Å². The van der Waals surface area contributed by atoms with E-state index in [0.29, 0.717) is 0 Å². The molecule has 2 aromatic rings. The van der Waals surface area contributed by atoms with Gasteiger partial charge in [-0.05, 0) is 61.2 Å². The molecule has 2 N–H and O–H groups in total. The molecule has 106 valence electrons. The van der Waals surface area contributed by atoms with Crippen LogP contribution in [0.3, 0.4) is 0 Å². The molecule has 2 aromatic carbocycles. The number of benzene rings is 2. The van der Waals surface area contributed by atoms with Crippen molar-refractivity contribution in [2.75, 3.05) is 5.75 Å². The van der Waals surface area contributed by atoms with Crippen molar-refractivity contribution in [3.8, 4) is 0 Å². The summed E-state index contributed by atoms with van der Waals surface area (Å²) in [7, 11) is 0. The average Bonchev–Trinajstić information content (AvgIpc) is 2.40. The highest BCUT2D eigenvalue weighted by molar-refractivity contribution is 9.10. The van der Waals surface area contributed by atoms with Crippen LogP contribution in [0.25, 0.3) is 0 Å². The summed E-state index contributed by atoms with van der Waals surface area (Å²) in [5.41, 5.74) is 11.6. The molecular formula is C17H20BrNS. The molecule has 0 aromatic heterocycles. The summed E-state index contributed by atoms with van der Waals surface area (Å²) in [6.07, 6.45) is 0. The first-order valence-corrected chi connectivity index (χ1v) is 8.47. The first-order chi connectivity index (χ1) is 9.47. The van der Waals surface area contributed by atoms with Crippen molar-refractivity contribution in [2.45, 2.75) is 31.7 Å². The molecule has 0 fully saturated rings. The molecule has 0 radical (unpaired) electrons. The highest BCUT2D eigenvalue weighted by atomic mass is 79.9. The van der Waals surface area contributed by atoms with Crippen molar-refractivity contribution in [1.82, 2.24) is 0 Å². The SMILES string of the molecule is Cc1cc(C)c(C(N)CSc2cccc(Br)c2)cc1C. The van der Waals surface area contributed by atoms with Gasteiger partial charge in [0, 0.05) is 21.2 Å². The summed E-state index contributed by atoms with van der Waals surface area (Å²) in [4.78, 5) is 1.25. The Morgan fingerprint density at radius 2 is 1.75 bits per heavy atom. The maximum Gasteiger partial charge on any atom is 0.0393 e. The number of halogens is 1. The van der Waals surface area contributed by atoms with Crippen molar-refractivity contribution >= 4 is 27.7 Å². The van der Waals surface area contributed by atoms with E-state index >= 15 is 0 Å². The lowest BCUT2D eigenvalue weighted by molar-refractivity contribution is 0.820. The van der Waals surface area contributed by atoms with E-state index in [1.54, 1.807) is 11.8 Å². The monoisotopic (exact) mass is 349 g/mol. The number of hydrogen-bond donors (Lipinski definition) is 1. The minimum absolute atomic E-state index is 0.0679. The molecule has 1 nitrogen and oxygen atoms in total. The highest BCUT2D eigenvalue weighted by Gasteiger charge is 2.11. The van der Waals surface area contributed by atoms with Gasteiger partial charge in [-0.15, -0.1) is 11.8 Å². The Morgan fingerprint density at radius 1 is 1.05 bits per heavy atom. The van der Waals surface area contributed by atoms with Gasteiger partial charge in [0.15, 0.2) is 0 Å². The topological polar surface area (TPSA) is 26.0 Å². The zero-order chi connectivity index (χ0) is 14.7. The molecule has 2 rings (SSSR count). The van der Waals surface area contributed by atoms with Gasteiger partial charge in [0.1, 0.15) is 0 Å². The van der Waals surface area contributed by atoms with Gasteiger partial charge in [0.2, 0.25) is 0 Å². The van der Waals surface area contributed by atoms with Gasteiger partial charge in [0.25, 0.3) is 0 Å². The minimum Gasteiger partial charge on any atom is -0.323 e. The second-order valence-electron chi connectivity index (χ2n) is 5.17. The van der Waals surface area contributed by atoms with Crippen LogP contribution < -0.4 is 5.73 Å². The molecule has 0 aliphatic heterocycles. The third-order valence-electron chi connectivity index (χ3n) is 3.51. The van der Waals surface area contributed by atoms with Gasteiger partial charge in [0.05, 0.1) is 0 Å². The first kappa shape index (κ1) is 15.6. The molecule has 20 heavy (non-hydrogen) atoms. The molecule has 0 spiro atoms. The van der Waals surface area contributed by atoms with Gasteiger partial charge < -0.3 is 5.73 Å². The van der Waals surface area contributed by atoms with Gasteiger partial charge in [-0.1, -0.05) is 34.1 Å². The van der Waals surface area contributed by atoms with Crippen LogP contribution in [0.5, 0.6) is 0 Å². The number of nitrogens with two attached hydrogens (primary N) is 1. The largest absolute Gasteiger partial charge is 0.323 e. The zero-order valence-electron chi connectivity index (χ0n) is 12.1. The molecule has 0 aliphatic rings. The van der Waals surface area contributed by atoms with Crippen molar-refractivity contribution in [1.29, 1.82) is 0 Å². The fraction of sp³-hybridized carbons (Fsp3) is 0.294. The number of rotatable bonds is 4. The maximum atomic E-state index is 6.37. The Hall–Kier alpha value is -0.770. The van der Waals surface area contributed by atoms with Gasteiger partial charge >= 0.3 is 0 Å². The Morgan fingerprint density at radius 3 is 2.45 bits per heavy atom. The van der Waals surface area contributed by atoms with Crippen LogP contribution in [0.2, 0.25) is 0 Å². The second-order valence-corrected chi connectivity index (χ2v) is 7.18. The number of hydrogen-bond acceptors (Lipinski definition) is 2. The van der Waals surface area contributed by atoms with E-state index in [0.717, 1.165) is 10.2 Å². The molecule has 0 amide bonds. The Labute approximate surface area is 134 Å². The predicted octanol–water partition coefficient (Wildman–Crippen LogP) is 5.17. The Bertz CT molecular complexity index is 610. The molecule has 3 heteroatoms. The molecular weight excluding hydrogens is 330 g/mol. The lowest BCUT2D eigenvalue weighted by atomic mass is 9.97. The normalized spacial score (nSPS) is 12.4. The summed E-state index contributed by atoms with van der Waals surface area (Å²) in [6.45, 7) is 6.44. The van der Waals surface area contributed by atoms with E-state index in [9.17, 15) is 0 Å². The molecule has 1 unspecified atom stereocenters. The van der Waals surface area contributed by atoms with Crippen molar-refractivity contribution in [3.05, 3.63) is 63.1 Å². The van der Waals surface area contributed by atoms with E-state index in [1.165, 1.54) is 27.1 Å². The quantitative estimate of drug-likeness (QED) is 0.770. The van der Waals surface area contributed by atoms with Crippen molar-refractivity contribution in [3.63, 3.8) is 0 Å². The summed E-state index contributed by atoms with van der Waals surface area (Å²) in [6, 6.07) is 12.9. The Balaban J connectivity index is 2.09. The van der Waals surface area contributed by atoms with E-state index in [2.05, 4.69) is 67.0 Å². The standard InChI is InChI=1S/C17H20BrNS/c1-11-7-13(3)16(8-12(11)2)17(19)10-20-15-6-4-5-14(18)9-15/h4-9,17H,10,19H2,1-3H3. The minimum atomic E-state index is 0.0679. The predicted molar refractivity (Wildman–Crippen MR) is 92.4 cm³/mol. The molecule has 0 bridgehead atoms. The third kappa shape index (κ3) is 3.87. The van der Waals surface area contributed by atoms with Crippen LogP contribution in [0.1, 0.15) is 28.3 Å². The molecule has 0 saturated carbocycles. The van der Waals surface area contributed by atoms with Crippen LogP contribution >= 0.6 is 27.7 Å². The summed E-state index contributed by atoms with van der Waals surface area (Å²) in [5, 5.41) is 0. The number of thioether (sulfide) groups is 1. The Kier molecular flexibility index (Phi) is 5.30. The van der Waals surface area contributed by atoms with E-state index < -0.39 is 0 Å².